The Morgan fingerprint density at radius 3 is 2.48 bits per heavy atom. The molecule has 0 bridgehead atoms. The smallest absolute Gasteiger partial charge is 0.256 e. The molecule has 4 aromatic rings. The molecule has 2 aromatic heterocycles. The highest BCUT2D eigenvalue weighted by Crippen LogP contribution is 2.41. The van der Waals surface area contributed by atoms with E-state index in [1.165, 1.54) is 0 Å². The van der Waals surface area contributed by atoms with Crippen molar-refractivity contribution >= 4 is 17.4 Å². The molecule has 0 saturated heterocycles. The van der Waals surface area contributed by atoms with Gasteiger partial charge in [-0.3, -0.25) is 4.79 Å². The molecule has 168 valence electrons. The lowest BCUT2D eigenvalue weighted by Crippen LogP contribution is -2.38. The van der Waals surface area contributed by atoms with Crippen molar-refractivity contribution in [1.29, 1.82) is 0 Å². The first-order chi connectivity index (χ1) is 15.8. The number of aliphatic hydroxyl groups is 2. The van der Waals surface area contributed by atoms with Gasteiger partial charge in [0.1, 0.15) is 11.4 Å². The number of hydrogen-bond acceptors (Lipinski definition) is 5. The molecule has 5 rings (SSSR count). The number of rotatable bonds is 6. The summed E-state index contributed by atoms with van der Waals surface area (Å²) in [6.07, 6.45) is 1.04. The number of aryl methyl sites for hydroxylation is 1. The molecule has 2 aromatic carbocycles. The van der Waals surface area contributed by atoms with E-state index < -0.39 is 11.7 Å². The largest absolute Gasteiger partial charge is 0.389 e. The summed E-state index contributed by atoms with van der Waals surface area (Å²) in [4.78, 5) is 17.5. The standard InChI is InChI=1S/C26H26N4O3/c1-16-14-23-27-22(15-21(30(23)29-16)17-6-4-3-5-7-17)28-25(32)19-10-12-20(13-11-19)26(2,33)24(31)18-8-9-18/h3-7,10-15,18,24,31,33H,8-9H2,1-2H3,(H,27,28,32)/t24?,26-/m0/s1. The average Bonchev–Trinajstić information content (AvgIpc) is 3.59. The molecule has 1 fully saturated rings. The van der Waals surface area contributed by atoms with Crippen LogP contribution in [0.1, 0.15) is 41.4 Å². The zero-order valence-electron chi connectivity index (χ0n) is 18.6. The molecule has 1 saturated carbocycles. The van der Waals surface area contributed by atoms with Gasteiger partial charge in [-0.05, 0) is 50.3 Å². The van der Waals surface area contributed by atoms with Crippen LogP contribution in [0, 0.1) is 12.8 Å². The normalized spacial score (nSPS) is 16.4. The van der Waals surface area contributed by atoms with Gasteiger partial charge in [0.25, 0.3) is 5.91 Å². The summed E-state index contributed by atoms with van der Waals surface area (Å²) in [6, 6.07) is 20.2. The number of amides is 1. The third-order valence-electron chi connectivity index (χ3n) is 6.24. The van der Waals surface area contributed by atoms with Gasteiger partial charge in [-0.15, -0.1) is 0 Å². The lowest BCUT2D eigenvalue weighted by molar-refractivity contribution is -0.0770. The molecule has 7 nitrogen and oxygen atoms in total. The van der Waals surface area contributed by atoms with E-state index in [1.807, 2.05) is 43.3 Å². The first-order valence-electron chi connectivity index (χ1n) is 11.1. The fourth-order valence-electron chi connectivity index (χ4n) is 4.16. The van der Waals surface area contributed by atoms with E-state index in [0.717, 1.165) is 29.8 Å². The lowest BCUT2D eigenvalue weighted by Gasteiger charge is -2.29. The van der Waals surface area contributed by atoms with E-state index in [4.69, 9.17) is 0 Å². The molecule has 1 aliphatic carbocycles. The molecular weight excluding hydrogens is 416 g/mol. The Kier molecular flexibility index (Phi) is 5.23. The van der Waals surface area contributed by atoms with Crippen LogP contribution in [0.3, 0.4) is 0 Å². The fraction of sp³-hybridized carbons (Fsp3) is 0.269. The van der Waals surface area contributed by atoms with E-state index in [0.29, 0.717) is 22.6 Å². The lowest BCUT2D eigenvalue weighted by atomic mass is 9.87. The fourth-order valence-corrected chi connectivity index (χ4v) is 4.16. The molecule has 0 spiro atoms. The minimum atomic E-state index is -1.35. The zero-order valence-corrected chi connectivity index (χ0v) is 18.6. The van der Waals surface area contributed by atoms with E-state index in [2.05, 4.69) is 15.4 Å². The molecule has 2 atom stereocenters. The monoisotopic (exact) mass is 442 g/mol. The number of hydrogen-bond donors (Lipinski definition) is 3. The van der Waals surface area contributed by atoms with Gasteiger partial charge in [0, 0.05) is 23.3 Å². The molecule has 7 heteroatoms. The van der Waals surface area contributed by atoms with E-state index in [9.17, 15) is 15.0 Å². The number of carbonyl (C=O) groups is 1. The first kappa shape index (κ1) is 21.3. The highest BCUT2D eigenvalue weighted by molar-refractivity contribution is 6.04. The Morgan fingerprint density at radius 1 is 1.12 bits per heavy atom. The van der Waals surface area contributed by atoms with Crippen LogP contribution in [-0.2, 0) is 5.60 Å². The molecular formula is C26H26N4O3. The predicted molar refractivity (Wildman–Crippen MR) is 126 cm³/mol. The van der Waals surface area contributed by atoms with Crippen LogP contribution in [0.5, 0.6) is 0 Å². The van der Waals surface area contributed by atoms with Crippen LogP contribution in [0.4, 0.5) is 5.82 Å². The van der Waals surface area contributed by atoms with Crippen LogP contribution < -0.4 is 5.32 Å². The minimum absolute atomic E-state index is 0.134. The number of fused-ring (bicyclic) bond motifs is 1. The van der Waals surface area contributed by atoms with Gasteiger partial charge in [0.2, 0.25) is 0 Å². The number of carbonyl (C=O) groups excluding carboxylic acids is 1. The van der Waals surface area contributed by atoms with Crippen LogP contribution in [0.2, 0.25) is 0 Å². The SMILES string of the molecule is Cc1cc2nc(NC(=O)c3ccc([C@](C)(O)C(O)C4CC4)cc3)cc(-c3ccccc3)n2n1. The maximum atomic E-state index is 12.9. The van der Waals surface area contributed by atoms with E-state index >= 15 is 0 Å². The summed E-state index contributed by atoms with van der Waals surface area (Å²) in [5.74, 6) is 0.248. The summed E-state index contributed by atoms with van der Waals surface area (Å²) < 4.78 is 1.77. The Labute approximate surface area is 191 Å². The summed E-state index contributed by atoms with van der Waals surface area (Å²) in [7, 11) is 0. The van der Waals surface area contributed by atoms with Gasteiger partial charge < -0.3 is 15.5 Å². The number of aliphatic hydroxyl groups excluding tert-OH is 1. The third kappa shape index (κ3) is 4.13. The quantitative estimate of drug-likeness (QED) is 0.420. The van der Waals surface area contributed by atoms with Crippen molar-refractivity contribution < 1.29 is 15.0 Å². The Balaban J connectivity index is 1.41. The number of nitrogens with one attached hydrogen (secondary N) is 1. The molecule has 0 aliphatic heterocycles. The summed E-state index contributed by atoms with van der Waals surface area (Å²) >= 11 is 0. The predicted octanol–water partition coefficient (Wildman–Crippen LogP) is 3.94. The molecule has 3 N–H and O–H groups in total. The number of aromatic nitrogens is 3. The van der Waals surface area contributed by atoms with Crippen molar-refractivity contribution in [2.24, 2.45) is 5.92 Å². The number of benzene rings is 2. The summed E-state index contributed by atoms with van der Waals surface area (Å²) in [5.41, 5.74) is 2.92. The Hall–Kier alpha value is -3.55. The molecule has 1 unspecified atom stereocenters. The van der Waals surface area contributed by atoms with Crippen molar-refractivity contribution in [3.05, 3.63) is 83.6 Å². The molecule has 1 aliphatic rings. The van der Waals surface area contributed by atoms with Gasteiger partial charge in [-0.2, -0.15) is 5.10 Å². The van der Waals surface area contributed by atoms with Crippen molar-refractivity contribution in [1.82, 2.24) is 14.6 Å². The van der Waals surface area contributed by atoms with E-state index in [-0.39, 0.29) is 11.8 Å². The summed E-state index contributed by atoms with van der Waals surface area (Å²) in [5, 5.41) is 28.6. The average molecular weight is 443 g/mol. The number of anilines is 1. The van der Waals surface area contributed by atoms with Gasteiger partial charge >= 0.3 is 0 Å². The van der Waals surface area contributed by atoms with Crippen LogP contribution >= 0.6 is 0 Å². The number of nitrogens with zero attached hydrogens (tertiary/aromatic N) is 3. The van der Waals surface area contributed by atoms with Crippen LogP contribution in [0.25, 0.3) is 16.9 Å². The second-order valence-corrected chi connectivity index (χ2v) is 8.91. The maximum Gasteiger partial charge on any atom is 0.256 e. The van der Waals surface area contributed by atoms with Crippen LogP contribution in [-0.4, -0.2) is 36.8 Å². The van der Waals surface area contributed by atoms with Crippen molar-refractivity contribution in [2.75, 3.05) is 5.32 Å². The second kappa shape index (κ2) is 8.10. The van der Waals surface area contributed by atoms with Gasteiger partial charge in [0.05, 0.1) is 17.5 Å². The topological polar surface area (TPSA) is 99.8 Å². The molecule has 33 heavy (non-hydrogen) atoms. The molecule has 2 heterocycles. The Bertz CT molecular complexity index is 1310. The Morgan fingerprint density at radius 2 is 1.82 bits per heavy atom. The third-order valence-corrected chi connectivity index (χ3v) is 6.24. The maximum absolute atomic E-state index is 12.9. The van der Waals surface area contributed by atoms with E-state index in [1.54, 1.807) is 41.8 Å². The molecule has 1 amide bonds. The first-order valence-corrected chi connectivity index (χ1v) is 11.1. The zero-order chi connectivity index (χ0) is 23.2. The van der Waals surface area contributed by atoms with Crippen molar-refractivity contribution in [3.63, 3.8) is 0 Å². The van der Waals surface area contributed by atoms with Gasteiger partial charge in [-0.1, -0.05) is 42.5 Å². The highest BCUT2D eigenvalue weighted by atomic mass is 16.3. The summed E-state index contributed by atoms with van der Waals surface area (Å²) in [6.45, 7) is 3.52. The second-order valence-electron chi connectivity index (χ2n) is 8.91. The van der Waals surface area contributed by atoms with Crippen LogP contribution in [0.15, 0.2) is 66.7 Å². The highest BCUT2D eigenvalue weighted by Gasteiger charge is 2.42. The minimum Gasteiger partial charge on any atom is -0.389 e. The van der Waals surface area contributed by atoms with Gasteiger partial charge in [0.15, 0.2) is 5.65 Å². The van der Waals surface area contributed by atoms with Gasteiger partial charge in [-0.25, -0.2) is 9.50 Å². The molecule has 0 radical (unpaired) electrons. The van der Waals surface area contributed by atoms with Crippen molar-refractivity contribution in [2.45, 2.75) is 38.4 Å². The van der Waals surface area contributed by atoms with Crippen molar-refractivity contribution in [3.8, 4) is 11.3 Å².